The Hall–Kier alpha value is -2.18. The first kappa shape index (κ1) is 29.4. The van der Waals surface area contributed by atoms with Gasteiger partial charge < -0.3 is 15.5 Å². The summed E-state index contributed by atoms with van der Waals surface area (Å²) in [4.78, 5) is 52.4. The Kier molecular flexibility index (Phi) is 10.8. The van der Waals surface area contributed by atoms with Crippen LogP contribution in [-0.4, -0.2) is 53.5 Å². The molecule has 0 spiro atoms. The fraction of sp³-hybridized carbons (Fsp3) is 0.800. The molecule has 3 rings (SSSR count). The van der Waals surface area contributed by atoms with Crippen LogP contribution in [0.5, 0.6) is 0 Å². The molecule has 1 saturated heterocycles. The number of hydrogen-bond donors (Lipinski definition) is 2. The van der Waals surface area contributed by atoms with Crippen LogP contribution < -0.4 is 10.6 Å². The lowest BCUT2D eigenvalue weighted by Crippen LogP contribution is -2.54. The molecule has 3 aliphatic rings. The second-order valence-corrected chi connectivity index (χ2v) is 12.4. The summed E-state index contributed by atoms with van der Waals surface area (Å²) in [7, 11) is 0. The second-order valence-electron chi connectivity index (χ2n) is 12.4. The monoisotopic (exact) mass is 515 g/mol. The summed E-state index contributed by atoms with van der Waals surface area (Å²) >= 11 is 0. The van der Waals surface area contributed by atoms with Gasteiger partial charge >= 0.3 is 0 Å². The van der Waals surface area contributed by atoms with Gasteiger partial charge in [-0.3, -0.25) is 19.2 Å². The number of aldehydes is 1. The minimum absolute atomic E-state index is 0.0447. The van der Waals surface area contributed by atoms with Crippen LogP contribution in [-0.2, 0) is 19.2 Å². The maximum atomic E-state index is 13.6. The first-order valence-electron chi connectivity index (χ1n) is 14.7. The van der Waals surface area contributed by atoms with E-state index in [2.05, 4.69) is 49.8 Å². The van der Waals surface area contributed by atoms with Crippen LogP contribution in [0.1, 0.15) is 98.3 Å². The normalized spacial score (nSPS) is 25.2. The van der Waals surface area contributed by atoms with E-state index in [1.807, 2.05) is 0 Å². The molecule has 0 aromatic rings. The molecule has 5 atom stereocenters. The highest BCUT2D eigenvalue weighted by Crippen LogP contribution is 2.35. The second kappa shape index (κ2) is 13.6. The van der Waals surface area contributed by atoms with Gasteiger partial charge in [-0.25, -0.2) is 0 Å². The van der Waals surface area contributed by atoms with Gasteiger partial charge in [0.2, 0.25) is 17.6 Å². The largest absolute Gasteiger partial charge is 0.361 e. The third-order valence-corrected chi connectivity index (χ3v) is 9.35. The maximum absolute atomic E-state index is 13.6. The predicted molar refractivity (Wildman–Crippen MR) is 145 cm³/mol. The molecule has 0 aromatic heterocycles. The highest BCUT2D eigenvalue weighted by molar-refractivity contribution is 6.28. The maximum Gasteiger partial charge on any atom is 0.243 e. The van der Waals surface area contributed by atoms with E-state index < -0.39 is 17.9 Å². The van der Waals surface area contributed by atoms with Crippen LogP contribution >= 0.6 is 0 Å². The van der Waals surface area contributed by atoms with Crippen LogP contribution in [0, 0.1) is 29.6 Å². The van der Waals surface area contributed by atoms with E-state index in [-0.39, 0.29) is 29.7 Å². The van der Waals surface area contributed by atoms with E-state index in [1.54, 1.807) is 0 Å². The smallest absolute Gasteiger partial charge is 0.243 e. The van der Waals surface area contributed by atoms with Crippen molar-refractivity contribution in [2.75, 3.05) is 6.54 Å². The molecule has 2 saturated carbocycles. The van der Waals surface area contributed by atoms with Crippen molar-refractivity contribution in [3.05, 3.63) is 12.3 Å². The van der Waals surface area contributed by atoms with E-state index >= 15 is 0 Å². The van der Waals surface area contributed by atoms with E-state index in [9.17, 15) is 19.2 Å². The highest BCUT2D eigenvalue weighted by atomic mass is 16.2. The molecular weight excluding hydrogens is 466 g/mol. The first-order valence-corrected chi connectivity index (χ1v) is 14.7. The zero-order valence-corrected chi connectivity index (χ0v) is 23.5. The van der Waals surface area contributed by atoms with Crippen molar-refractivity contribution >= 4 is 23.9 Å². The van der Waals surface area contributed by atoms with Crippen molar-refractivity contribution in [1.82, 2.24) is 15.5 Å². The fourth-order valence-electron chi connectivity index (χ4n) is 6.20. The summed E-state index contributed by atoms with van der Waals surface area (Å²) in [5, 5.41) is 6.25. The highest BCUT2D eigenvalue weighted by Gasteiger charge is 2.42. The average Bonchev–Trinajstić information content (AvgIpc) is 3.24. The third kappa shape index (κ3) is 7.67. The lowest BCUT2D eigenvalue weighted by molar-refractivity contribution is -0.135. The molecule has 208 valence electrons. The standard InChI is InChI=1S/C30H49N3O4/c1-19(2)21(4)16-27(36)32-28(24-12-7-6-8-13-24)22(5)33-15-14-20(3)29(33)30(37)31-25(26(35)18-34)17-23-10-9-11-23/h18-21,23-25,28-29H,5-17H2,1-4H3,(H,31,37)(H,32,36)/t20-,21?,25?,28?,29?/m0/s1. The number of nitrogens with one attached hydrogen (secondary N) is 2. The lowest BCUT2D eigenvalue weighted by Gasteiger charge is -2.39. The van der Waals surface area contributed by atoms with Crippen LogP contribution in [0.3, 0.4) is 0 Å². The Balaban J connectivity index is 1.75. The molecule has 2 aliphatic carbocycles. The molecule has 2 amide bonds. The molecule has 7 nitrogen and oxygen atoms in total. The molecule has 3 fully saturated rings. The van der Waals surface area contributed by atoms with Crippen molar-refractivity contribution in [2.24, 2.45) is 29.6 Å². The number of nitrogens with zero attached hydrogens (tertiary/aromatic N) is 1. The number of Topliss-reactive ketones (excluding diaryl/α,β-unsaturated/α-hetero) is 1. The molecular formula is C30H49N3O4. The van der Waals surface area contributed by atoms with Gasteiger partial charge in [0.15, 0.2) is 6.29 Å². The number of ketones is 1. The molecule has 0 aromatic carbocycles. The van der Waals surface area contributed by atoms with Gasteiger partial charge in [0.05, 0.1) is 12.1 Å². The Morgan fingerprint density at radius 1 is 0.973 bits per heavy atom. The lowest BCUT2D eigenvalue weighted by atomic mass is 9.80. The Bertz CT molecular complexity index is 831. The fourth-order valence-corrected chi connectivity index (χ4v) is 6.20. The number of hydrogen-bond acceptors (Lipinski definition) is 5. The number of rotatable bonds is 13. The summed E-state index contributed by atoms with van der Waals surface area (Å²) in [6.07, 6.45) is 11.0. The van der Waals surface area contributed by atoms with Gasteiger partial charge in [-0.1, -0.05) is 72.8 Å². The zero-order valence-electron chi connectivity index (χ0n) is 23.5. The van der Waals surface area contributed by atoms with E-state index in [0.29, 0.717) is 43.4 Å². The Morgan fingerprint density at radius 3 is 2.22 bits per heavy atom. The van der Waals surface area contributed by atoms with Crippen LogP contribution in [0.25, 0.3) is 0 Å². The molecule has 7 heteroatoms. The third-order valence-electron chi connectivity index (χ3n) is 9.35. The van der Waals surface area contributed by atoms with E-state index in [1.165, 1.54) is 6.42 Å². The Morgan fingerprint density at radius 2 is 1.65 bits per heavy atom. The topological polar surface area (TPSA) is 95.6 Å². The van der Waals surface area contributed by atoms with Crippen molar-refractivity contribution < 1.29 is 19.2 Å². The molecule has 1 aliphatic heterocycles. The number of likely N-dealkylation sites (tertiary alicyclic amines) is 1. The van der Waals surface area contributed by atoms with Crippen LogP contribution in [0.2, 0.25) is 0 Å². The van der Waals surface area contributed by atoms with Crippen LogP contribution in [0.4, 0.5) is 0 Å². The number of amides is 2. The molecule has 2 N–H and O–H groups in total. The summed E-state index contributed by atoms with van der Waals surface area (Å²) in [5.74, 6) is 0.767. The quantitative estimate of drug-likeness (QED) is 0.280. The molecule has 1 heterocycles. The van der Waals surface area contributed by atoms with Crippen molar-refractivity contribution in [3.8, 4) is 0 Å². The zero-order chi connectivity index (χ0) is 27.1. The summed E-state index contributed by atoms with van der Waals surface area (Å²) in [5.41, 5.74) is 0.805. The first-order chi connectivity index (χ1) is 17.6. The summed E-state index contributed by atoms with van der Waals surface area (Å²) in [6.45, 7) is 13.6. The summed E-state index contributed by atoms with van der Waals surface area (Å²) in [6, 6.07) is -1.42. The van der Waals surface area contributed by atoms with Gasteiger partial charge in [0.1, 0.15) is 6.04 Å². The van der Waals surface area contributed by atoms with E-state index in [4.69, 9.17) is 0 Å². The Labute approximate surface area is 223 Å². The summed E-state index contributed by atoms with van der Waals surface area (Å²) < 4.78 is 0. The SMILES string of the molecule is C=C(C(NC(=O)CC(C)C(C)C)C1CCCCC1)N1CC[C@H](C)C1C(=O)NC(CC1CCC1)C(=O)C=O. The van der Waals surface area contributed by atoms with E-state index in [0.717, 1.165) is 57.1 Å². The molecule has 0 bridgehead atoms. The van der Waals surface area contributed by atoms with Crippen molar-refractivity contribution in [3.63, 3.8) is 0 Å². The predicted octanol–water partition coefficient (Wildman–Crippen LogP) is 4.40. The molecule has 4 unspecified atom stereocenters. The van der Waals surface area contributed by atoms with Gasteiger partial charge in [-0.15, -0.1) is 0 Å². The minimum atomic E-state index is -0.760. The van der Waals surface area contributed by atoms with Gasteiger partial charge in [0, 0.05) is 18.7 Å². The average molecular weight is 516 g/mol. The molecule has 37 heavy (non-hydrogen) atoms. The van der Waals surface area contributed by atoms with Crippen molar-refractivity contribution in [2.45, 2.75) is 116 Å². The molecule has 0 radical (unpaired) electrons. The van der Waals surface area contributed by atoms with Crippen molar-refractivity contribution in [1.29, 1.82) is 0 Å². The van der Waals surface area contributed by atoms with Gasteiger partial charge in [-0.2, -0.15) is 0 Å². The van der Waals surface area contributed by atoms with Gasteiger partial charge in [-0.05, 0) is 55.3 Å². The minimum Gasteiger partial charge on any atom is -0.361 e. The number of carbonyl (C=O) groups excluding carboxylic acids is 4. The number of carbonyl (C=O) groups is 4. The van der Waals surface area contributed by atoms with Gasteiger partial charge in [0.25, 0.3) is 0 Å². The van der Waals surface area contributed by atoms with Crippen LogP contribution in [0.15, 0.2) is 12.3 Å².